The van der Waals surface area contributed by atoms with Gasteiger partial charge in [0.2, 0.25) is 5.95 Å². The van der Waals surface area contributed by atoms with Gasteiger partial charge in [-0.1, -0.05) is 0 Å². The Morgan fingerprint density at radius 3 is 2.63 bits per heavy atom. The lowest BCUT2D eigenvalue weighted by molar-refractivity contribution is -0.115. The summed E-state index contributed by atoms with van der Waals surface area (Å²) in [6, 6.07) is 9.96. The van der Waals surface area contributed by atoms with Crippen LogP contribution in [0.1, 0.15) is 24.1 Å². The van der Waals surface area contributed by atoms with E-state index < -0.39 is 0 Å². The van der Waals surface area contributed by atoms with Crippen LogP contribution in [0.4, 0.5) is 16.6 Å². The highest BCUT2D eigenvalue weighted by molar-refractivity contribution is 8.18. The molecule has 10 nitrogen and oxygen atoms in total. The highest BCUT2D eigenvalue weighted by atomic mass is 32.2. The van der Waals surface area contributed by atoms with Crippen LogP contribution in [0.25, 0.3) is 17.3 Å². The summed E-state index contributed by atoms with van der Waals surface area (Å²) in [7, 11) is 3.95. The van der Waals surface area contributed by atoms with Crippen LogP contribution in [0.15, 0.2) is 53.8 Å². The van der Waals surface area contributed by atoms with Gasteiger partial charge >= 0.3 is 0 Å². The molecule has 2 N–H and O–H groups in total. The number of anilines is 2. The summed E-state index contributed by atoms with van der Waals surface area (Å²) in [6.07, 6.45) is 9.12. The minimum Gasteiger partial charge on any atom is -0.363 e. The number of hydrogen-bond donors (Lipinski definition) is 2. The molecular formula is C27H30N8O2S. The molecule has 3 aromatic heterocycles. The number of nitrogens with zero attached hydrogens (tertiary/aromatic N) is 6. The predicted molar refractivity (Wildman–Crippen MR) is 150 cm³/mol. The lowest BCUT2D eigenvalue weighted by Crippen LogP contribution is -2.38. The molecule has 2 aliphatic heterocycles. The van der Waals surface area contributed by atoms with Crippen LogP contribution in [-0.4, -0.2) is 64.8 Å². The summed E-state index contributed by atoms with van der Waals surface area (Å²) in [5.74, 6) is 1.76. The lowest BCUT2D eigenvalue weighted by Gasteiger charge is -2.32. The number of imide groups is 1. The van der Waals surface area contributed by atoms with Crippen molar-refractivity contribution in [1.29, 1.82) is 0 Å². The van der Waals surface area contributed by atoms with E-state index in [0.29, 0.717) is 22.5 Å². The molecule has 38 heavy (non-hydrogen) atoms. The number of piperidine rings is 1. The van der Waals surface area contributed by atoms with Crippen LogP contribution in [0, 0.1) is 5.92 Å². The fourth-order valence-corrected chi connectivity index (χ4v) is 5.12. The molecular weight excluding hydrogens is 500 g/mol. The molecule has 0 unspecified atom stereocenters. The van der Waals surface area contributed by atoms with Crippen molar-refractivity contribution in [3.05, 3.63) is 65.1 Å². The second-order valence-electron chi connectivity index (χ2n) is 9.54. The molecule has 5 heterocycles. The first-order valence-electron chi connectivity index (χ1n) is 12.6. The van der Waals surface area contributed by atoms with E-state index in [-0.39, 0.29) is 11.1 Å². The fraction of sp³-hybridized carbons (Fsp3) is 0.333. The Morgan fingerprint density at radius 2 is 1.92 bits per heavy atom. The quantitative estimate of drug-likeness (QED) is 0.420. The third kappa shape index (κ3) is 6.35. The van der Waals surface area contributed by atoms with E-state index in [1.807, 2.05) is 43.5 Å². The number of amides is 2. The van der Waals surface area contributed by atoms with E-state index in [0.717, 1.165) is 67.9 Å². The average Bonchev–Trinajstić information content (AvgIpc) is 3.25. The van der Waals surface area contributed by atoms with Crippen LogP contribution < -0.4 is 20.4 Å². The van der Waals surface area contributed by atoms with Crippen LogP contribution >= 0.6 is 11.8 Å². The number of thioether (sulfide) groups is 1. The third-order valence-electron chi connectivity index (χ3n) is 6.57. The number of carbonyl (C=O) groups is 2. The van der Waals surface area contributed by atoms with E-state index in [2.05, 4.69) is 47.6 Å². The zero-order valence-corrected chi connectivity index (χ0v) is 22.2. The van der Waals surface area contributed by atoms with E-state index in [4.69, 9.17) is 0 Å². The number of carbonyl (C=O) groups excluding carboxylic acids is 2. The van der Waals surface area contributed by atoms with Gasteiger partial charge in [-0.2, -0.15) is 0 Å². The maximum absolute atomic E-state index is 11.8. The first-order chi connectivity index (χ1) is 18.4. The van der Waals surface area contributed by atoms with Crippen LogP contribution in [0.3, 0.4) is 0 Å². The summed E-state index contributed by atoms with van der Waals surface area (Å²) >= 11 is 0.890. The van der Waals surface area contributed by atoms with Crippen LogP contribution in [0.2, 0.25) is 0 Å². The molecule has 2 fully saturated rings. The van der Waals surface area contributed by atoms with Gasteiger partial charge in [-0.3, -0.25) is 19.9 Å². The van der Waals surface area contributed by atoms with Crippen molar-refractivity contribution in [3.63, 3.8) is 0 Å². The standard InChI is InChI=1S/C27H30N8O2S/c1-34(2)24-4-3-20(17-31-24)22-13-19(5-9-29-22)16-28-15-18-7-11-35(12-8-18)26-30-10-6-21(32-26)14-23-25(36)33-27(37)38-23/h3-6,9-10,13-14,17-18,28H,7-8,11-12,15-16H2,1-2H3,(H,33,36,37)/b23-14-. The SMILES string of the molecule is CN(C)c1ccc(-c2cc(CNCC3CCN(c4nccc(/C=C5\SC(=O)NC5=O)n4)CC3)ccn2)cn1. The first kappa shape index (κ1) is 25.8. The minimum absolute atomic E-state index is 0.352. The largest absolute Gasteiger partial charge is 0.363 e. The maximum atomic E-state index is 11.8. The van der Waals surface area contributed by atoms with Gasteiger partial charge in [-0.05, 0) is 79.0 Å². The zero-order valence-electron chi connectivity index (χ0n) is 21.4. The molecule has 2 saturated heterocycles. The van der Waals surface area contributed by atoms with Gasteiger partial charge < -0.3 is 15.1 Å². The smallest absolute Gasteiger partial charge is 0.290 e. The van der Waals surface area contributed by atoms with E-state index in [1.54, 1.807) is 18.3 Å². The summed E-state index contributed by atoms with van der Waals surface area (Å²) in [4.78, 5) is 45.8. The molecule has 0 aromatic carbocycles. The van der Waals surface area contributed by atoms with Crippen molar-refractivity contribution in [2.24, 2.45) is 5.92 Å². The molecule has 0 atom stereocenters. The van der Waals surface area contributed by atoms with Gasteiger partial charge in [-0.25, -0.2) is 15.0 Å². The monoisotopic (exact) mass is 530 g/mol. The molecule has 2 aliphatic rings. The highest BCUT2D eigenvalue weighted by Gasteiger charge is 2.25. The van der Waals surface area contributed by atoms with Gasteiger partial charge in [0.25, 0.3) is 11.1 Å². The lowest BCUT2D eigenvalue weighted by atomic mass is 9.97. The van der Waals surface area contributed by atoms with E-state index >= 15 is 0 Å². The van der Waals surface area contributed by atoms with Crippen molar-refractivity contribution in [1.82, 2.24) is 30.6 Å². The van der Waals surface area contributed by atoms with Gasteiger partial charge in [0, 0.05) is 57.9 Å². The second-order valence-corrected chi connectivity index (χ2v) is 10.6. The van der Waals surface area contributed by atoms with Crippen molar-refractivity contribution in [2.75, 3.05) is 43.5 Å². The Hall–Kier alpha value is -3.83. The summed E-state index contributed by atoms with van der Waals surface area (Å²) in [6.45, 7) is 3.47. The van der Waals surface area contributed by atoms with Crippen molar-refractivity contribution >= 4 is 40.8 Å². The Balaban J connectivity index is 1.10. The minimum atomic E-state index is -0.382. The first-order valence-corrected chi connectivity index (χ1v) is 13.4. The number of pyridine rings is 2. The van der Waals surface area contributed by atoms with Gasteiger partial charge in [-0.15, -0.1) is 0 Å². The summed E-state index contributed by atoms with van der Waals surface area (Å²) in [5, 5.41) is 5.51. The molecule has 0 saturated carbocycles. The molecule has 0 bridgehead atoms. The molecule has 0 spiro atoms. The van der Waals surface area contributed by atoms with Gasteiger partial charge in [0.1, 0.15) is 5.82 Å². The number of nitrogens with one attached hydrogen (secondary N) is 2. The summed E-state index contributed by atoms with van der Waals surface area (Å²) in [5.41, 5.74) is 3.74. The molecule has 3 aromatic rings. The number of aromatic nitrogens is 4. The van der Waals surface area contributed by atoms with Crippen LogP contribution in [-0.2, 0) is 11.3 Å². The van der Waals surface area contributed by atoms with Crippen molar-refractivity contribution in [3.8, 4) is 11.3 Å². The van der Waals surface area contributed by atoms with E-state index in [1.165, 1.54) is 5.56 Å². The fourth-order valence-electron chi connectivity index (χ4n) is 4.45. The predicted octanol–water partition coefficient (Wildman–Crippen LogP) is 3.33. The van der Waals surface area contributed by atoms with Crippen LogP contribution in [0.5, 0.6) is 0 Å². The zero-order chi connectivity index (χ0) is 26.5. The molecule has 196 valence electrons. The maximum Gasteiger partial charge on any atom is 0.290 e. The van der Waals surface area contributed by atoms with Gasteiger partial charge in [0.05, 0.1) is 16.3 Å². The van der Waals surface area contributed by atoms with Crippen molar-refractivity contribution < 1.29 is 9.59 Å². The highest BCUT2D eigenvalue weighted by Crippen LogP contribution is 2.26. The van der Waals surface area contributed by atoms with Gasteiger partial charge in [0.15, 0.2) is 0 Å². The molecule has 5 rings (SSSR count). The third-order valence-corrected chi connectivity index (χ3v) is 7.38. The van der Waals surface area contributed by atoms with E-state index in [9.17, 15) is 9.59 Å². The molecule has 0 aliphatic carbocycles. The Morgan fingerprint density at radius 1 is 1.11 bits per heavy atom. The Bertz CT molecular complexity index is 1340. The second kappa shape index (κ2) is 11.7. The topological polar surface area (TPSA) is 116 Å². The number of hydrogen-bond acceptors (Lipinski definition) is 10. The number of rotatable bonds is 8. The average molecular weight is 531 g/mol. The molecule has 0 radical (unpaired) electrons. The summed E-state index contributed by atoms with van der Waals surface area (Å²) < 4.78 is 0. The normalized spacial score (nSPS) is 17.2. The Kier molecular flexibility index (Phi) is 7.94. The molecule has 11 heteroatoms. The van der Waals surface area contributed by atoms with Crippen molar-refractivity contribution in [2.45, 2.75) is 19.4 Å². The Labute approximate surface area is 226 Å². The molecule has 2 amide bonds.